The molecule has 1 fully saturated rings. The number of nitrogens with zero attached hydrogens (tertiary/aromatic N) is 2. The number of unbranched alkanes of at least 4 members (excludes halogenated alkanes) is 1. The van der Waals surface area contributed by atoms with Crippen LogP contribution in [0.4, 0.5) is 4.79 Å². The average Bonchev–Trinajstić information content (AvgIpc) is 2.95. The summed E-state index contributed by atoms with van der Waals surface area (Å²) in [5.74, 6) is -0.523. The molecule has 1 aliphatic rings. The summed E-state index contributed by atoms with van der Waals surface area (Å²) in [6, 6.07) is 17.6. The first kappa shape index (κ1) is 27.4. The smallest absolute Gasteiger partial charge is 0.408 e. The van der Waals surface area contributed by atoms with Gasteiger partial charge in [-0.05, 0) is 43.0 Å². The number of hydrogen-bond acceptors (Lipinski definition) is 5. The first-order valence-corrected chi connectivity index (χ1v) is 12.5. The number of rotatable bonds is 11. The second-order valence-electron chi connectivity index (χ2n) is 8.73. The number of hydrogen-bond donors (Lipinski definition) is 2. The molecule has 0 aliphatic carbocycles. The molecule has 0 radical (unpaired) electrons. The number of alkyl carbamates (subject to hydrolysis) is 1. The Morgan fingerprint density at radius 3 is 2.16 bits per heavy atom. The predicted octanol–water partition coefficient (Wildman–Crippen LogP) is 2.74. The van der Waals surface area contributed by atoms with Gasteiger partial charge in [-0.3, -0.25) is 14.4 Å². The molecule has 9 nitrogen and oxygen atoms in total. The van der Waals surface area contributed by atoms with E-state index in [1.807, 2.05) is 48.5 Å². The minimum atomic E-state index is -0.769. The molecule has 4 amide bonds. The van der Waals surface area contributed by atoms with E-state index in [1.165, 1.54) is 6.08 Å². The quantitative estimate of drug-likeness (QED) is 0.360. The molecule has 2 aromatic carbocycles. The molecule has 9 heteroatoms. The van der Waals surface area contributed by atoms with E-state index in [4.69, 9.17) is 4.74 Å². The van der Waals surface area contributed by atoms with E-state index in [0.717, 1.165) is 5.56 Å². The summed E-state index contributed by atoms with van der Waals surface area (Å²) < 4.78 is 5.33. The van der Waals surface area contributed by atoms with E-state index in [1.54, 1.807) is 21.9 Å². The molecule has 1 saturated heterocycles. The lowest BCUT2D eigenvalue weighted by molar-refractivity contribution is -0.135. The second kappa shape index (κ2) is 14.4. The van der Waals surface area contributed by atoms with Crippen LogP contribution in [0, 0.1) is 0 Å². The zero-order chi connectivity index (χ0) is 26.5. The molecule has 2 N–H and O–H groups in total. The second-order valence-corrected chi connectivity index (χ2v) is 8.73. The Bertz CT molecular complexity index is 1050. The van der Waals surface area contributed by atoms with Crippen molar-refractivity contribution in [1.82, 2.24) is 20.4 Å². The molecule has 196 valence electrons. The van der Waals surface area contributed by atoms with Gasteiger partial charge in [-0.2, -0.15) is 0 Å². The highest BCUT2D eigenvalue weighted by molar-refractivity contribution is 5.94. The van der Waals surface area contributed by atoms with Crippen molar-refractivity contribution in [2.24, 2.45) is 0 Å². The van der Waals surface area contributed by atoms with Crippen molar-refractivity contribution >= 4 is 23.8 Å². The molecule has 0 spiro atoms. The van der Waals surface area contributed by atoms with Gasteiger partial charge in [-0.1, -0.05) is 55.1 Å². The highest BCUT2D eigenvalue weighted by Crippen LogP contribution is 2.12. The number of carbonyl (C=O) groups is 4. The predicted molar refractivity (Wildman–Crippen MR) is 140 cm³/mol. The zero-order valence-electron chi connectivity index (χ0n) is 20.9. The van der Waals surface area contributed by atoms with Crippen molar-refractivity contribution in [2.45, 2.75) is 31.9 Å². The fraction of sp³-hybridized carbons (Fsp3) is 0.357. The highest BCUT2D eigenvalue weighted by Gasteiger charge is 2.30. The Morgan fingerprint density at radius 2 is 1.51 bits per heavy atom. The Hall–Kier alpha value is -4.14. The third-order valence-corrected chi connectivity index (χ3v) is 6.11. The van der Waals surface area contributed by atoms with Crippen LogP contribution in [0.1, 0.15) is 35.2 Å². The Kier molecular flexibility index (Phi) is 10.7. The number of benzene rings is 2. The van der Waals surface area contributed by atoms with Crippen molar-refractivity contribution in [1.29, 1.82) is 0 Å². The van der Waals surface area contributed by atoms with Gasteiger partial charge < -0.3 is 25.2 Å². The average molecular weight is 507 g/mol. The van der Waals surface area contributed by atoms with Gasteiger partial charge in [-0.15, -0.1) is 0 Å². The van der Waals surface area contributed by atoms with Gasteiger partial charge in [0.25, 0.3) is 5.91 Å². The number of ether oxygens (including phenoxy) is 1. The molecule has 1 aliphatic heterocycles. The minimum Gasteiger partial charge on any atom is -0.445 e. The van der Waals surface area contributed by atoms with Crippen LogP contribution in [0.5, 0.6) is 0 Å². The van der Waals surface area contributed by atoms with Crippen LogP contribution in [0.2, 0.25) is 0 Å². The van der Waals surface area contributed by atoms with Gasteiger partial charge in [0.05, 0.1) is 0 Å². The molecule has 2 aromatic rings. The van der Waals surface area contributed by atoms with Gasteiger partial charge in [0.2, 0.25) is 11.8 Å². The highest BCUT2D eigenvalue weighted by atomic mass is 16.5. The lowest BCUT2D eigenvalue weighted by Gasteiger charge is -2.36. The van der Waals surface area contributed by atoms with Gasteiger partial charge in [0.1, 0.15) is 12.6 Å². The first-order valence-electron chi connectivity index (χ1n) is 12.5. The fourth-order valence-corrected chi connectivity index (χ4v) is 4.04. The summed E-state index contributed by atoms with van der Waals surface area (Å²) in [5, 5.41) is 5.42. The third-order valence-electron chi connectivity index (χ3n) is 6.11. The van der Waals surface area contributed by atoms with Crippen molar-refractivity contribution in [3.05, 3.63) is 84.4 Å². The molecule has 0 aromatic heterocycles. The molecule has 0 saturated carbocycles. The van der Waals surface area contributed by atoms with E-state index < -0.39 is 12.1 Å². The van der Waals surface area contributed by atoms with Crippen LogP contribution in [0.3, 0.4) is 0 Å². The third kappa shape index (κ3) is 8.79. The van der Waals surface area contributed by atoms with Crippen molar-refractivity contribution in [3.63, 3.8) is 0 Å². The van der Waals surface area contributed by atoms with Crippen LogP contribution in [0.15, 0.2) is 73.3 Å². The summed E-state index contributed by atoms with van der Waals surface area (Å²) in [6.45, 7) is 5.56. The van der Waals surface area contributed by atoms with Crippen LogP contribution in [0.25, 0.3) is 0 Å². The molecule has 0 bridgehead atoms. The molecular weight excluding hydrogens is 472 g/mol. The van der Waals surface area contributed by atoms with Crippen molar-refractivity contribution in [3.8, 4) is 0 Å². The molecule has 3 rings (SSSR count). The number of piperazine rings is 1. The SMILES string of the molecule is C=CC(=O)NCCCC[C@H](NC(=O)OCc1ccccc1)C(=O)N1CCN(C(=O)c2ccccc2)CC1. The minimum absolute atomic E-state index is 0.0616. The molecule has 1 heterocycles. The largest absolute Gasteiger partial charge is 0.445 e. The van der Waals surface area contributed by atoms with Gasteiger partial charge in [0.15, 0.2) is 0 Å². The number of carbonyl (C=O) groups excluding carboxylic acids is 4. The molecule has 0 unspecified atom stereocenters. The van der Waals surface area contributed by atoms with Gasteiger partial charge >= 0.3 is 6.09 Å². The lowest BCUT2D eigenvalue weighted by Crippen LogP contribution is -2.55. The molecular formula is C28H34N4O5. The Labute approximate surface area is 217 Å². The Balaban J connectivity index is 1.54. The zero-order valence-corrected chi connectivity index (χ0v) is 20.9. The fourth-order valence-electron chi connectivity index (χ4n) is 4.04. The van der Waals surface area contributed by atoms with Crippen LogP contribution >= 0.6 is 0 Å². The van der Waals surface area contributed by atoms with Crippen LogP contribution in [-0.4, -0.2) is 72.4 Å². The summed E-state index contributed by atoms with van der Waals surface area (Å²) in [5.41, 5.74) is 1.46. The summed E-state index contributed by atoms with van der Waals surface area (Å²) in [7, 11) is 0. The van der Waals surface area contributed by atoms with E-state index in [-0.39, 0.29) is 24.3 Å². The monoisotopic (exact) mass is 506 g/mol. The topological polar surface area (TPSA) is 108 Å². The normalized spacial score (nSPS) is 13.8. The number of amides is 4. The van der Waals surface area contributed by atoms with E-state index in [9.17, 15) is 19.2 Å². The summed E-state index contributed by atoms with van der Waals surface area (Å²) in [6.07, 6.45) is 2.19. The van der Waals surface area contributed by atoms with Gasteiger partial charge in [-0.25, -0.2) is 4.79 Å². The van der Waals surface area contributed by atoms with Crippen LogP contribution < -0.4 is 10.6 Å². The van der Waals surface area contributed by atoms with E-state index >= 15 is 0 Å². The maximum Gasteiger partial charge on any atom is 0.408 e. The summed E-state index contributed by atoms with van der Waals surface area (Å²) in [4.78, 5) is 53.3. The maximum atomic E-state index is 13.3. The lowest BCUT2D eigenvalue weighted by atomic mass is 10.1. The molecule has 37 heavy (non-hydrogen) atoms. The van der Waals surface area contributed by atoms with Crippen LogP contribution in [-0.2, 0) is 20.9 Å². The Morgan fingerprint density at radius 1 is 0.892 bits per heavy atom. The maximum absolute atomic E-state index is 13.3. The van der Waals surface area contributed by atoms with E-state index in [0.29, 0.717) is 57.5 Å². The summed E-state index contributed by atoms with van der Waals surface area (Å²) >= 11 is 0. The van der Waals surface area contributed by atoms with Crippen molar-refractivity contribution in [2.75, 3.05) is 32.7 Å². The van der Waals surface area contributed by atoms with E-state index in [2.05, 4.69) is 17.2 Å². The molecule has 1 atom stereocenters. The standard InChI is InChI=1S/C28H34N4O5/c1-2-25(33)29-16-10-9-15-24(30-28(36)37-21-22-11-5-3-6-12-22)27(35)32-19-17-31(18-20-32)26(34)23-13-7-4-8-14-23/h2-8,11-14,24H,1,9-10,15-21H2,(H,29,33)(H,30,36)/t24-/m0/s1. The van der Waals surface area contributed by atoms with Crippen molar-refractivity contribution < 1.29 is 23.9 Å². The number of nitrogens with one attached hydrogen (secondary N) is 2. The van der Waals surface area contributed by atoms with Gasteiger partial charge in [0, 0.05) is 38.3 Å². The first-order chi connectivity index (χ1) is 18.0.